The Kier molecular flexibility index (Phi) is 6.49. The summed E-state index contributed by atoms with van der Waals surface area (Å²) in [6.45, 7) is 6.58. The molecule has 0 aliphatic rings. The van der Waals surface area contributed by atoms with Crippen LogP contribution in [0.2, 0.25) is 0 Å². The maximum absolute atomic E-state index is 12.3. The number of nitrogens with one attached hydrogen (secondary N) is 1. The van der Waals surface area contributed by atoms with Gasteiger partial charge in [-0.05, 0) is 35.7 Å². The molecule has 29 heavy (non-hydrogen) atoms. The van der Waals surface area contributed by atoms with E-state index in [1.807, 2.05) is 35.7 Å². The summed E-state index contributed by atoms with van der Waals surface area (Å²) in [5.74, 6) is 1.25. The molecule has 0 saturated carbocycles. The van der Waals surface area contributed by atoms with E-state index in [9.17, 15) is 4.79 Å². The van der Waals surface area contributed by atoms with E-state index in [1.165, 1.54) is 11.3 Å². The van der Waals surface area contributed by atoms with Crippen molar-refractivity contribution in [2.75, 3.05) is 13.7 Å². The summed E-state index contributed by atoms with van der Waals surface area (Å²) in [6.07, 6.45) is 3.50. The number of ether oxygens (including phenoxy) is 2. The molecule has 0 fully saturated rings. The molecule has 3 rings (SSSR count). The summed E-state index contributed by atoms with van der Waals surface area (Å²) in [6, 6.07) is 9.46. The molecule has 0 saturated heterocycles. The number of pyridine rings is 1. The summed E-state index contributed by atoms with van der Waals surface area (Å²) in [7, 11) is 1.63. The van der Waals surface area contributed by atoms with Crippen LogP contribution in [0.4, 0.5) is 0 Å². The first-order valence-electron chi connectivity index (χ1n) is 9.29. The molecule has 7 heteroatoms. The predicted molar refractivity (Wildman–Crippen MR) is 114 cm³/mol. The third-order valence-corrected chi connectivity index (χ3v) is 5.22. The average molecular weight is 412 g/mol. The van der Waals surface area contributed by atoms with Crippen LogP contribution in [0.15, 0.2) is 48.1 Å². The maximum Gasteiger partial charge on any atom is 0.258 e. The number of rotatable bonds is 7. The molecule has 152 valence electrons. The molecule has 6 nitrogen and oxygen atoms in total. The SMILES string of the molecule is COc1ccc(OCC(=O)NCc2csc(-c3cccnc3)n2)c(C(C)(C)C)c1. The van der Waals surface area contributed by atoms with E-state index in [4.69, 9.17) is 9.47 Å². The molecule has 0 aliphatic carbocycles. The lowest BCUT2D eigenvalue weighted by Crippen LogP contribution is -2.29. The lowest BCUT2D eigenvalue weighted by molar-refractivity contribution is -0.123. The highest BCUT2D eigenvalue weighted by Gasteiger charge is 2.20. The number of hydrogen-bond acceptors (Lipinski definition) is 6. The van der Waals surface area contributed by atoms with Crippen LogP contribution in [0.5, 0.6) is 11.5 Å². The molecule has 0 unspecified atom stereocenters. The van der Waals surface area contributed by atoms with Crippen LogP contribution in [0.1, 0.15) is 32.0 Å². The smallest absolute Gasteiger partial charge is 0.258 e. The number of carbonyl (C=O) groups is 1. The largest absolute Gasteiger partial charge is 0.497 e. The number of nitrogens with zero attached hydrogens (tertiary/aromatic N) is 2. The van der Waals surface area contributed by atoms with Crippen LogP contribution in [-0.2, 0) is 16.8 Å². The van der Waals surface area contributed by atoms with Gasteiger partial charge in [0.05, 0.1) is 19.3 Å². The Labute approximate surface area is 174 Å². The zero-order valence-electron chi connectivity index (χ0n) is 17.1. The van der Waals surface area contributed by atoms with Gasteiger partial charge in [0.25, 0.3) is 5.91 Å². The number of methoxy groups -OCH3 is 1. The van der Waals surface area contributed by atoms with E-state index >= 15 is 0 Å². The first kappa shape index (κ1) is 20.8. The second kappa shape index (κ2) is 9.05. The first-order valence-corrected chi connectivity index (χ1v) is 10.2. The van der Waals surface area contributed by atoms with E-state index in [2.05, 4.69) is 36.1 Å². The van der Waals surface area contributed by atoms with Gasteiger partial charge in [-0.1, -0.05) is 20.8 Å². The molecule has 0 atom stereocenters. The number of hydrogen-bond donors (Lipinski definition) is 1. The molecule has 1 N–H and O–H groups in total. The van der Waals surface area contributed by atoms with Gasteiger partial charge >= 0.3 is 0 Å². The molecule has 1 amide bonds. The van der Waals surface area contributed by atoms with Crippen LogP contribution >= 0.6 is 11.3 Å². The average Bonchev–Trinajstić information content (AvgIpc) is 3.19. The number of carbonyl (C=O) groups excluding carboxylic acids is 1. The molecular formula is C22H25N3O3S. The lowest BCUT2D eigenvalue weighted by atomic mass is 9.86. The molecule has 0 aliphatic heterocycles. The summed E-state index contributed by atoms with van der Waals surface area (Å²) in [5, 5.41) is 5.67. The number of thiazole rings is 1. The standard InChI is InChI=1S/C22H25N3O3S/c1-22(2,3)18-10-17(27-4)7-8-19(18)28-13-20(26)24-12-16-14-29-21(25-16)15-6-5-9-23-11-15/h5-11,14H,12-13H2,1-4H3,(H,24,26). The van der Waals surface area contributed by atoms with Crippen molar-refractivity contribution in [3.8, 4) is 22.1 Å². The number of aromatic nitrogens is 2. The topological polar surface area (TPSA) is 73.3 Å². The van der Waals surface area contributed by atoms with E-state index in [-0.39, 0.29) is 17.9 Å². The van der Waals surface area contributed by atoms with Crippen LogP contribution in [0.25, 0.3) is 10.6 Å². The van der Waals surface area contributed by atoms with Crippen LogP contribution in [-0.4, -0.2) is 29.6 Å². The molecule has 0 bridgehead atoms. The second-order valence-electron chi connectivity index (χ2n) is 7.56. The van der Waals surface area contributed by atoms with Gasteiger partial charge < -0.3 is 14.8 Å². The van der Waals surface area contributed by atoms with Crippen LogP contribution < -0.4 is 14.8 Å². The normalized spacial score (nSPS) is 11.2. The Balaban J connectivity index is 1.56. The first-order chi connectivity index (χ1) is 13.9. The molecular weight excluding hydrogens is 386 g/mol. The quantitative estimate of drug-likeness (QED) is 0.631. The third kappa shape index (κ3) is 5.54. The Morgan fingerprint density at radius 3 is 2.76 bits per heavy atom. The fourth-order valence-electron chi connectivity index (χ4n) is 2.74. The van der Waals surface area contributed by atoms with Crippen LogP contribution in [0.3, 0.4) is 0 Å². The fraction of sp³-hybridized carbons (Fsp3) is 0.318. The predicted octanol–water partition coefficient (Wildman–Crippen LogP) is 4.21. The summed E-state index contributed by atoms with van der Waals surface area (Å²) in [5.41, 5.74) is 2.63. The molecule has 3 aromatic rings. The van der Waals surface area contributed by atoms with E-state index < -0.39 is 0 Å². The Bertz CT molecular complexity index is 965. The summed E-state index contributed by atoms with van der Waals surface area (Å²) < 4.78 is 11.1. The minimum atomic E-state index is -0.198. The Morgan fingerprint density at radius 1 is 1.24 bits per heavy atom. The monoisotopic (exact) mass is 411 g/mol. The van der Waals surface area contributed by atoms with E-state index in [1.54, 1.807) is 19.5 Å². The third-order valence-electron chi connectivity index (χ3n) is 4.28. The van der Waals surface area contributed by atoms with E-state index in [0.29, 0.717) is 12.3 Å². The van der Waals surface area contributed by atoms with Gasteiger partial charge in [0.2, 0.25) is 0 Å². The molecule has 2 aromatic heterocycles. The van der Waals surface area contributed by atoms with E-state index in [0.717, 1.165) is 27.6 Å². The van der Waals surface area contributed by atoms with Gasteiger partial charge in [-0.25, -0.2) is 4.98 Å². The van der Waals surface area contributed by atoms with Gasteiger partial charge in [0.1, 0.15) is 16.5 Å². The number of amides is 1. The molecule has 0 spiro atoms. The lowest BCUT2D eigenvalue weighted by Gasteiger charge is -2.23. The highest BCUT2D eigenvalue weighted by Crippen LogP contribution is 2.34. The summed E-state index contributed by atoms with van der Waals surface area (Å²) >= 11 is 1.53. The second-order valence-corrected chi connectivity index (χ2v) is 8.42. The fourth-order valence-corrected chi connectivity index (χ4v) is 3.55. The van der Waals surface area contributed by atoms with Crippen molar-refractivity contribution in [2.45, 2.75) is 32.7 Å². The highest BCUT2D eigenvalue weighted by molar-refractivity contribution is 7.13. The maximum atomic E-state index is 12.3. The van der Waals surface area contributed by atoms with Crippen molar-refractivity contribution in [2.24, 2.45) is 0 Å². The highest BCUT2D eigenvalue weighted by atomic mass is 32.1. The zero-order chi connectivity index (χ0) is 20.9. The van der Waals surface area contributed by atoms with Crippen molar-refractivity contribution in [3.63, 3.8) is 0 Å². The molecule has 0 radical (unpaired) electrons. The Hall–Kier alpha value is -2.93. The molecule has 2 heterocycles. The van der Waals surface area contributed by atoms with Gasteiger partial charge in [-0.3, -0.25) is 9.78 Å². The summed E-state index contributed by atoms with van der Waals surface area (Å²) in [4.78, 5) is 20.9. The van der Waals surface area contributed by atoms with Gasteiger partial charge in [0.15, 0.2) is 6.61 Å². The number of benzene rings is 1. The minimum absolute atomic E-state index is 0.0605. The van der Waals surface area contributed by atoms with Crippen LogP contribution in [0, 0.1) is 0 Å². The van der Waals surface area contributed by atoms with Gasteiger partial charge in [-0.2, -0.15) is 0 Å². The van der Waals surface area contributed by atoms with Crippen molar-refractivity contribution in [3.05, 3.63) is 59.4 Å². The zero-order valence-corrected chi connectivity index (χ0v) is 17.9. The van der Waals surface area contributed by atoms with Crippen molar-refractivity contribution in [1.82, 2.24) is 15.3 Å². The Morgan fingerprint density at radius 2 is 2.07 bits per heavy atom. The van der Waals surface area contributed by atoms with Gasteiger partial charge in [-0.15, -0.1) is 11.3 Å². The molecule has 1 aromatic carbocycles. The van der Waals surface area contributed by atoms with Crippen molar-refractivity contribution in [1.29, 1.82) is 0 Å². The van der Waals surface area contributed by atoms with Crippen molar-refractivity contribution >= 4 is 17.2 Å². The van der Waals surface area contributed by atoms with Crippen molar-refractivity contribution < 1.29 is 14.3 Å². The van der Waals surface area contributed by atoms with Gasteiger partial charge in [0, 0.05) is 28.9 Å². The minimum Gasteiger partial charge on any atom is -0.497 e.